The molecule has 508 valence electrons. The lowest BCUT2D eigenvalue weighted by Gasteiger charge is -2.25. The summed E-state index contributed by atoms with van der Waals surface area (Å²) in [7, 11) is -7.84. The fraction of sp³-hybridized carbons (Fsp3) is 0. The van der Waals surface area contributed by atoms with Gasteiger partial charge in [0, 0.05) is 85.8 Å². The number of pyridine rings is 2. The Bertz CT molecular complexity index is 5570. The number of fused-ring (bicyclic) bond motifs is 6. The number of hydrogen-bond donors (Lipinski definition) is 0. The van der Waals surface area contributed by atoms with Crippen LogP contribution in [0.15, 0.2) is 425 Å². The van der Waals surface area contributed by atoms with Crippen LogP contribution in [0, 0.1) is 0 Å². The second-order valence-electron chi connectivity index (χ2n) is 25.4. The molecule has 10 heteroatoms. The summed E-state index contributed by atoms with van der Waals surface area (Å²) in [5, 5.41) is 16.8. The zero-order valence-electron chi connectivity index (χ0n) is 57.7. The van der Waals surface area contributed by atoms with Crippen molar-refractivity contribution in [1.29, 1.82) is 0 Å². The third-order valence-electron chi connectivity index (χ3n) is 18.9. The summed E-state index contributed by atoms with van der Waals surface area (Å²) in [4.78, 5) is 9.34. The van der Waals surface area contributed by atoms with Crippen molar-refractivity contribution in [3.8, 4) is 33.8 Å². The number of para-hydroxylation sites is 2. The first-order valence-electron chi connectivity index (χ1n) is 35.2. The quantitative estimate of drug-likeness (QED) is 0.0712. The highest BCUT2D eigenvalue weighted by molar-refractivity contribution is 7.86. The van der Waals surface area contributed by atoms with E-state index in [0.717, 1.165) is 85.3 Å². The molecular formula is C96H70N2O3P4S. The molecule has 0 atom stereocenters. The summed E-state index contributed by atoms with van der Waals surface area (Å²) in [6.45, 7) is 0. The highest BCUT2D eigenvalue weighted by atomic mass is 32.1. The lowest BCUT2D eigenvalue weighted by atomic mass is 9.97. The summed E-state index contributed by atoms with van der Waals surface area (Å²) < 4.78 is 39.3. The van der Waals surface area contributed by atoms with Crippen LogP contribution >= 0.6 is 41.5 Å². The Balaban J connectivity index is 0.000000125. The Kier molecular flexibility index (Phi) is 20.7. The molecule has 0 radical (unpaired) electrons. The second-order valence-corrected chi connectivity index (χ2v) is 36.4. The van der Waals surface area contributed by atoms with Gasteiger partial charge in [0.2, 0.25) is 0 Å². The summed E-state index contributed by atoms with van der Waals surface area (Å²) in [5.74, 6) is 1.81. The summed E-state index contributed by atoms with van der Waals surface area (Å²) in [6, 6.07) is 141. The van der Waals surface area contributed by atoms with Gasteiger partial charge in [0.05, 0.1) is 11.0 Å². The van der Waals surface area contributed by atoms with Crippen LogP contribution in [0.3, 0.4) is 0 Å². The third-order valence-corrected chi connectivity index (χ3v) is 31.1. The average Bonchev–Trinajstić information content (AvgIpc) is 1.50. The highest BCUT2D eigenvalue weighted by Gasteiger charge is 2.33. The molecular weight excluding hydrogens is 1390 g/mol. The first kappa shape index (κ1) is 68.9. The van der Waals surface area contributed by atoms with E-state index in [-0.39, 0.29) is 0 Å². The Hall–Kier alpha value is -11.5. The van der Waals surface area contributed by atoms with Gasteiger partial charge in [-0.15, -0.1) is 11.3 Å². The molecule has 0 saturated heterocycles. The minimum Gasteiger partial charge on any atom is -0.456 e. The molecule has 18 rings (SSSR count). The smallest absolute Gasteiger partial charge is 0.171 e. The van der Waals surface area contributed by atoms with E-state index < -0.39 is 30.1 Å². The molecule has 0 aliphatic rings. The highest BCUT2D eigenvalue weighted by Crippen LogP contribution is 2.48. The summed E-state index contributed by atoms with van der Waals surface area (Å²) in [6.07, 6.45) is 3.75. The summed E-state index contributed by atoms with van der Waals surface area (Å²) in [5.41, 5.74) is 6.65. The van der Waals surface area contributed by atoms with E-state index in [1.807, 2.05) is 158 Å². The van der Waals surface area contributed by atoms with Crippen molar-refractivity contribution in [2.75, 3.05) is 0 Å². The van der Waals surface area contributed by atoms with Gasteiger partial charge in [0.1, 0.15) is 11.5 Å². The van der Waals surface area contributed by atoms with E-state index in [2.05, 4.69) is 277 Å². The SMILES string of the molecule is O=P(c1ccccc1)(c1ccccc1)c1ccc2sc3ccc(P(=O)(c4ccccc4)c4ccccc4)cc3c2c1.c1ccc(-c2ccnc3c2ccc2c(-c4ccccc4)ccnc23)cc1.c1ccc(P(c2ccccc2)c2ccccc2Oc2ccccc2P(c2ccccc2)c2ccccc2)cc1. The van der Waals surface area contributed by atoms with Crippen LogP contribution in [0.1, 0.15) is 0 Å². The van der Waals surface area contributed by atoms with Gasteiger partial charge in [0.25, 0.3) is 0 Å². The zero-order chi connectivity index (χ0) is 71.5. The molecule has 106 heavy (non-hydrogen) atoms. The maximum Gasteiger partial charge on any atom is 0.171 e. The lowest BCUT2D eigenvalue weighted by Crippen LogP contribution is -2.25. The fourth-order valence-electron chi connectivity index (χ4n) is 13.9. The molecule has 0 amide bonds. The number of aromatic nitrogens is 2. The predicted molar refractivity (Wildman–Crippen MR) is 456 cm³/mol. The van der Waals surface area contributed by atoms with Crippen LogP contribution in [0.4, 0.5) is 0 Å². The second kappa shape index (κ2) is 31.8. The Morgan fingerprint density at radius 1 is 0.255 bits per heavy atom. The molecule has 0 aliphatic carbocycles. The van der Waals surface area contributed by atoms with E-state index in [1.165, 1.54) is 54.1 Å². The minimum absolute atomic E-state index is 0.793. The van der Waals surface area contributed by atoms with Gasteiger partial charge in [-0.1, -0.05) is 352 Å². The summed E-state index contributed by atoms with van der Waals surface area (Å²) >= 11 is 1.70. The van der Waals surface area contributed by atoms with Crippen molar-refractivity contribution in [3.05, 3.63) is 425 Å². The van der Waals surface area contributed by atoms with Crippen molar-refractivity contribution < 1.29 is 13.9 Å². The molecule has 0 N–H and O–H groups in total. The van der Waals surface area contributed by atoms with Gasteiger partial charge in [-0.25, -0.2) is 0 Å². The maximum absolute atomic E-state index is 15.1. The molecule has 0 fully saturated rings. The lowest BCUT2D eigenvalue weighted by molar-refractivity contribution is 0.490. The fourth-order valence-corrected chi connectivity index (χ4v) is 25.1. The average molecular weight is 1460 g/mol. The molecule has 0 aliphatic heterocycles. The molecule has 5 nitrogen and oxygen atoms in total. The maximum atomic E-state index is 15.1. The van der Waals surface area contributed by atoms with Crippen LogP contribution in [-0.4, -0.2) is 9.97 Å². The Morgan fingerprint density at radius 3 is 0.840 bits per heavy atom. The van der Waals surface area contributed by atoms with Crippen LogP contribution in [0.5, 0.6) is 11.5 Å². The molecule has 3 aromatic heterocycles. The Labute approximate surface area is 625 Å². The standard InChI is InChI=1S/C36H26O2P2S.C36H28OP2.C24H16N2/c37-39(27-13-5-1-6-14-27,28-15-7-2-8-16-28)31-21-23-35-33(25-31)34-26-32(22-24-36(34)41-35)40(38,29-17-9-3-10-18-29)30-19-11-4-12-20-30;1-5-17-29(18-6-1)38(30-19-7-2-8-20-30)35-27-15-13-25-33(35)37-34-26-14-16-28-36(34)39(31-21-9-3-10-22-31)32-23-11-4-12-24-32;1-3-7-17(8-4-1)19-13-15-25-23-21(19)11-12-22-20(14-16-26-24(22)23)18-9-5-2-6-10-18/h1-26H;1-28H;1-16H. The van der Waals surface area contributed by atoms with Crippen LogP contribution < -0.4 is 68.4 Å². The van der Waals surface area contributed by atoms with Gasteiger partial charge in [0.15, 0.2) is 14.3 Å². The van der Waals surface area contributed by atoms with E-state index >= 15 is 9.13 Å². The molecule has 15 aromatic carbocycles. The first-order chi connectivity index (χ1) is 52.4. The van der Waals surface area contributed by atoms with Gasteiger partial charge >= 0.3 is 0 Å². The van der Waals surface area contributed by atoms with Gasteiger partial charge in [-0.05, 0) is 120 Å². The number of nitrogens with zero attached hydrogens (tertiary/aromatic N) is 2. The van der Waals surface area contributed by atoms with E-state index in [9.17, 15) is 0 Å². The minimum atomic E-state index is -3.12. The topological polar surface area (TPSA) is 69.2 Å². The molecule has 0 saturated carbocycles. The molecule has 0 bridgehead atoms. The van der Waals surface area contributed by atoms with Crippen molar-refractivity contribution in [3.63, 3.8) is 0 Å². The largest absolute Gasteiger partial charge is 0.456 e. The molecule has 18 aromatic rings. The third kappa shape index (κ3) is 14.2. The van der Waals surface area contributed by atoms with E-state index in [1.54, 1.807) is 11.3 Å². The zero-order valence-corrected chi connectivity index (χ0v) is 62.1. The van der Waals surface area contributed by atoms with Gasteiger partial charge in [-0.2, -0.15) is 0 Å². The number of thiophene rings is 1. The first-order valence-corrected chi connectivity index (χ1v) is 42.1. The van der Waals surface area contributed by atoms with Crippen molar-refractivity contribution in [2.24, 2.45) is 0 Å². The molecule has 3 heterocycles. The molecule has 0 spiro atoms. The normalized spacial score (nSPS) is 11.5. The Morgan fingerprint density at radius 2 is 0.528 bits per heavy atom. The monoisotopic (exact) mass is 1450 g/mol. The number of ether oxygens (including phenoxy) is 1. The van der Waals surface area contributed by atoms with E-state index in [0.29, 0.717) is 0 Å². The number of rotatable bonds is 16. The van der Waals surface area contributed by atoms with Crippen LogP contribution in [0.25, 0.3) is 64.2 Å². The van der Waals surface area contributed by atoms with Gasteiger partial charge < -0.3 is 13.9 Å². The van der Waals surface area contributed by atoms with Crippen molar-refractivity contribution >= 4 is 147 Å². The predicted octanol–water partition coefficient (Wildman–Crippen LogP) is 20.4. The van der Waals surface area contributed by atoms with Gasteiger partial charge in [-0.3, -0.25) is 9.97 Å². The van der Waals surface area contributed by atoms with Crippen molar-refractivity contribution in [2.45, 2.75) is 0 Å². The van der Waals surface area contributed by atoms with Crippen molar-refractivity contribution in [1.82, 2.24) is 9.97 Å². The van der Waals surface area contributed by atoms with Crippen LogP contribution in [-0.2, 0) is 9.13 Å². The van der Waals surface area contributed by atoms with Crippen LogP contribution in [0.2, 0.25) is 0 Å². The number of benzene rings is 15. The molecule has 0 unspecified atom stereocenters. The van der Waals surface area contributed by atoms with E-state index in [4.69, 9.17) is 4.74 Å². The number of hydrogen-bond acceptors (Lipinski definition) is 6.